The van der Waals surface area contributed by atoms with Gasteiger partial charge in [0.25, 0.3) is 0 Å². The Bertz CT molecular complexity index is 93.4. The van der Waals surface area contributed by atoms with Gasteiger partial charge in [-0.1, -0.05) is 45.2 Å². The van der Waals surface area contributed by atoms with Crippen LogP contribution >= 0.6 is 0 Å². The second kappa shape index (κ2) is 3.50. The van der Waals surface area contributed by atoms with E-state index in [2.05, 4.69) is 13.7 Å². The molecule has 1 aliphatic carbocycles. The maximum Gasteiger partial charge on any atom is 0.0908 e. The SMILES string of the molecule is [B]B(C)C1CCC(C)CC1. The first kappa shape index (κ1) is 8.23. The molecule has 1 fully saturated rings. The van der Waals surface area contributed by atoms with Gasteiger partial charge in [-0.3, -0.25) is 0 Å². The van der Waals surface area contributed by atoms with Crippen LogP contribution < -0.4 is 0 Å². The molecule has 1 saturated carbocycles. The van der Waals surface area contributed by atoms with Crippen molar-refractivity contribution in [3.05, 3.63) is 0 Å². The Balaban J connectivity index is 2.26. The van der Waals surface area contributed by atoms with Crippen LogP contribution in [-0.2, 0) is 0 Å². The molecular formula is C8H16B2. The number of hydrogen-bond acceptors (Lipinski definition) is 0. The standard InChI is InChI=1S/C8H16B2/c1-7-3-5-8(6-4-7)10(2)9/h7-8H,3-6H2,1-2H3. The van der Waals surface area contributed by atoms with E-state index in [0.717, 1.165) is 11.7 Å². The van der Waals surface area contributed by atoms with Gasteiger partial charge in [0.1, 0.15) is 0 Å². The lowest BCUT2D eigenvalue weighted by molar-refractivity contribution is 0.383. The van der Waals surface area contributed by atoms with Gasteiger partial charge in [0, 0.05) is 7.74 Å². The maximum absolute atomic E-state index is 5.81. The van der Waals surface area contributed by atoms with Crippen molar-refractivity contribution >= 4 is 14.3 Å². The molecule has 10 heavy (non-hydrogen) atoms. The molecule has 0 unspecified atom stereocenters. The summed E-state index contributed by atoms with van der Waals surface area (Å²) in [4.78, 5) is 0. The van der Waals surface area contributed by atoms with Crippen LogP contribution in [0.3, 0.4) is 0 Å². The van der Waals surface area contributed by atoms with Gasteiger partial charge in [-0.2, -0.15) is 0 Å². The second-order valence-electron chi connectivity index (χ2n) is 3.88. The fourth-order valence-electron chi connectivity index (χ4n) is 1.81. The Labute approximate surface area is 66.2 Å². The van der Waals surface area contributed by atoms with E-state index in [1.807, 2.05) is 0 Å². The Morgan fingerprint density at radius 2 is 1.70 bits per heavy atom. The Morgan fingerprint density at radius 1 is 1.20 bits per heavy atom. The summed E-state index contributed by atoms with van der Waals surface area (Å²) >= 11 is 0. The minimum absolute atomic E-state index is 0.424. The van der Waals surface area contributed by atoms with Crippen molar-refractivity contribution in [2.75, 3.05) is 0 Å². The van der Waals surface area contributed by atoms with Crippen LogP contribution in [0.15, 0.2) is 0 Å². The van der Waals surface area contributed by atoms with Gasteiger partial charge in [-0.25, -0.2) is 0 Å². The summed E-state index contributed by atoms with van der Waals surface area (Å²) in [5.74, 6) is 1.77. The van der Waals surface area contributed by atoms with Crippen LogP contribution in [0.5, 0.6) is 0 Å². The lowest BCUT2D eigenvalue weighted by Gasteiger charge is -2.27. The highest BCUT2D eigenvalue weighted by Crippen LogP contribution is 2.33. The van der Waals surface area contributed by atoms with Crippen molar-refractivity contribution in [3.63, 3.8) is 0 Å². The van der Waals surface area contributed by atoms with Gasteiger partial charge in [0.05, 0.1) is 6.60 Å². The monoisotopic (exact) mass is 134 g/mol. The Hall–Kier alpha value is 0.130. The topological polar surface area (TPSA) is 0 Å². The first-order valence-electron chi connectivity index (χ1n) is 4.45. The molecule has 0 aromatic carbocycles. The first-order valence-corrected chi connectivity index (χ1v) is 4.45. The van der Waals surface area contributed by atoms with Crippen LogP contribution in [-0.4, -0.2) is 14.3 Å². The predicted octanol–water partition coefficient (Wildman–Crippen LogP) is 2.36. The van der Waals surface area contributed by atoms with E-state index in [9.17, 15) is 0 Å². The minimum Gasteiger partial charge on any atom is -0.0931 e. The van der Waals surface area contributed by atoms with E-state index >= 15 is 0 Å². The number of hydrogen-bond donors (Lipinski definition) is 0. The second-order valence-corrected chi connectivity index (χ2v) is 3.88. The smallest absolute Gasteiger partial charge is 0.0908 e. The minimum atomic E-state index is 0.424. The fraction of sp³-hybridized carbons (Fsp3) is 1.00. The molecule has 1 aliphatic rings. The van der Waals surface area contributed by atoms with Crippen molar-refractivity contribution in [3.8, 4) is 0 Å². The van der Waals surface area contributed by atoms with E-state index in [0.29, 0.717) is 6.60 Å². The highest BCUT2D eigenvalue weighted by atomic mass is 14.2. The quantitative estimate of drug-likeness (QED) is 0.482. The van der Waals surface area contributed by atoms with Gasteiger partial charge >= 0.3 is 0 Å². The van der Waals surface area contributed by atoms with Gasteiger partial charge in [0.2, 0.25) is 0 Å². The zero-order valence-electron chi connectivity index (χ0n) is 7.14. The molecular weight excluding hydrogens is 118 g/mol. The predicted molar refractivity (Wildman–Crippen MR) is 48.8 cm³/mol. The first-order chi connectivity index (χ1) is 4.70. The van der Waals surface area contributed by atoms with Crippen LogP contribution in [0.1, 0.15) is 32.6 Å². The lowest BCUT2D eigenvalue weighted by atomic mass is 9.26. The molecule has 0 bridgehead atoms. The van der Waals surface area contributed by atoms with Crippen LogP contribution in [0.2, 0.25) is 12.6 Å². The Morgan fingerprint density at radius 3 is 2.10 bits per heavy atom. The van der Waals surface area contributed by atoms with E-state index < -0.39 is 0 Å². The molecule has 1 rings (SSSR count). The Kier molecular flexibility index (Phi) is 2.88. The van der Waals surface area contributed by atoms with Crippen molar-refractivity contribution in [1.29, 1.82) is 0 Å². The fourth-order valence-corrected chi connectivity index (χ4v) is 1.81. The zero-order chi connectivity index (χ0) is 7.56. The summed E-state index contributed by atoms with van der Waals surface area (Å²) in [6.45, 7) is 4.91. The van der Waals surface area contributed by atoms with E-state index in [1.165, 1.54) is 25.7 Å². The molecule has 0 heterocycles. The molecule has 0 aromatic heterocycles. The highest BCUT2D eigenvalue weighted by Gasteiger charge is 2.21. The summed E-state index contributed by atoms with van der Waals surface area (Å²) in [5, 5.41) is 0. The molecule has 2 radical (unpaired) electrons. The van der Waals surface area contributed by atoms with E-state index in [-0.39, 0.29) is 0 Å². The van der Waals surface area contributed by atoms with E-state index in [1.54, 1.807) is 0 Å². The van der Waals surface area contributed by atoms with Crippen LogP contribution in [0, 0.1) is 5.92 Å². The third-order valence-corrected chi connectivity index (χ3v) is 2.80. The van der Waals surface area contributed by atoms with E-state index in [4.69, 9.17) is 7.74 Å². The van der Waals surface area contributed by atoms with Gasteiger partial charge in [-0.15, -0.1) is 0 Å². The molecule has 0 atom stereocenters. The molecule has 0 nitrogen and oxygen atoms in total. The third-order valence-electron chi connectivity index (χ3n) is 2.80. The third kappa shape index (κ3) is 2.07. The summed E-state index contributed by atoms with van der Waals surface area (Å²) in [5.41, 5.74) is 0. The van der Waals surface area contributed by atoms with Crippen LogP contribution in [0.4, 0.5) is 0 Å². The van der Waals surface area contributed by atoms with Gasteiger partial charge in [0.15, 0.2) is 0 Å². The molecule has 0 spiro atoms. The normalized spacial score (nSPS) is 33.8. The molecule has 0 aliphatic heterocycles. The van der Waals surface area contributed by atoms with Crippen molar-refractivity contribution < 1.29 is 0 Å². The average molecular weight is 134 g/mol. The summed E-state index contributed by atoms with van der Waals surface area (Å²) < 4.78 is 0. The summed E-state index contributed by atoms with van der Waals surface area (Å²) in [6, 6.07) is 0. The van der Waals surface area contributed by atoms with Crippen molar-refractivity contribution in [1.82, 2.24) is 0 Å². The molecule has 0 N–H and O–H groups in total. The van der Waals surface area contributed by atoms with Crippen molar-refractivity contribution in [2.24, 2.45) is 5.92 Å². The van der Waals surface area contributed by atoms with Gasteiger partial charge < -0.3 is 0 Å². The average Bonchev–Trinajstić information content (AvgIpc) is 1.88. The van der Waals surface area contributed by atoms with Gasteiger partial charge in [-0.05, 0) is 5.92 Å². The molecule has 0 amide bonds. The largest absolute Gasteiger partial charge is 0.0931 e. The summed E-state index contributed by atoms with van der Waals surface area (Å²) in [6.07, 6.45) is 5.51. The molecule has 2 heteroatoms. The lowest BCUT2D eigenvalue weighted by Crippen LogP contribution is -2.21. The van der Waals surface area contributed by atoms with Crippen LogP contribution in [0.25, 0.3) is 0 Å². The highest BCUT2D eigenvalue weighted by molar-refractivity contribution is 7.03. The van der Waals surface area contributed by atoms with Crippen molar-refractivity contribution in [2.45, 2.75) is 45.2 Å². The number of rotatable bonds is 1. The zero-order valence-corrected chi connectivity index (χ0v) is 7.14. The summed E-state index contributed by atoms with van der Waals surface area (Å²) in [7, 11) is 5.81. The molecule has 0 saturated heterocycles. The molecule has 0 aromatic rings. The molecule has 54 valence electrons. The maximum atomic E-state index is 5.81.